The summed E-state index contributed by atoms with van der Waals surface area (Å²) >= 11 is 0. The first-order chi connectivity index (χ1) is 33.1. The van der Waals surface area contributed by atoms with E-state index >= 15 is 0 Å². The van der Waals surface area contributed by atoms with Crippen molar-refractivity contribution in [1.29, 1.82) is 0 Å². The Morgan fingerprint density at radius 1 is 0.594 bits per heavy atom. The molecule has 0 amide bonds. The van der Waals surface area contributed by atoms with Crippen LogP contribution in [0.4, 0.5) is 11.4 Å². The average Bonchev–Trinajstić information content (AvgIpc) is 3.30. The predicted octanol–water partition coefficient (Wildman–Crippen LogP) is 6.70. The maximum Gasteiger partial charge on any atom is 0.336 e. The molecule has 0 spiro atoms. The first-order valence-electron chi connectivity index (χ1n) is 22.7. The van der Waals surface area contributed by atoms with Crippen LogP contribution in [0.5, 0.6) is 11.5 Å². The van der Waals surface area contributed by atoms with Gasteiger partial charge in [-0.2, -0.15) is 0 Å². The second kappa shape index (κ2) is 24.9. The number of aryl methyl sites for hydroxylation is 2. The van der Waals surface area contributed by atoms with Crippen molar-refractivity contribution in [2.75, 3.05) is 82.2 Å². The molecule has 3 aromatic carbocycles. The van der Waals surface area contributed by atoms with Gasteiger partial charge in [-0.1, -0.05) is 24.3 Å². The maximum absolute atomic E-state index is 13.9. The number of anilines is 2. The Balaban J connectivity index is 1.71. The number of rotatable bonds is 25. The molecule has 0 saturated carbocycles. The number of carbonyl (C=O) groups excluding carboxylic acids is 5. The van der Waals surface area contributed by atoms with Crippen molar-refractivity contribution in [3.05, 3.63) is 93.1 Å². The highest BCUT2D eigenvalue weighted by Crippen LogP contribution is 2.46. The topological polar surface area (TPSA) is 224 Å². The van der Waals surface area contributed by atoms with E-state index < -0.39 is 48.9 Å². The summed E-state index contributed by atoms with van der Waals surface area (Å²) in [5, 5.41) is 10.8. The van der Waals surface area contributed by atoms with E-state index in [1.165, 1.54) is 21.9 Å². The van der Waals surface area contributed by atoms with Gasteiger partial charge in [-0.05, 0) is 96.3 Å². The number of carboxylic acids is 1. The molecule has 2 aliphatic rings. The van der Waals surface area contributed by atoms with Gasteiger partial charge in [-0.25, -0.2) is 4.79 Å². The summed E-state index contributed by atoms with van der Waals surface area (Å²) in [5.74, 6) is -3.68. The van der Waals surface area contributed by atoms with Crippen molar-refractivity contribution in [3.8, 4) is 33.9 Å². The fourth-order valence-corrected chi connectivity index (χ4v) is 7.65. The van der Waals surface area contributed by atoms with Gasteiger partial charge in [-0.3, -0.25) is 28.8 Å². The van der Waals surface area contributed by atoms with Gasteiger partial charge in [0.05, 0.1) is 50.0 Å². The molecule has 0 aromatic heterocycles. The predicted molar refractivity (Wildman–Crippen MR) is 254 cm³/mol. The molecule has 0 radical (unpaired) electrons. The largest absolute Gasteiger partial charge is 0.488 e. The Morgan fingerprint density at radius 3 is 1.64 bits per heavy atom. The first-order valence-corrected chi connectivity index (χ1v) is 22.7. The zero-order valence-corrected chi connectivity index (χ0v) is 39.9. The number of carbonyl (C=O) groups is 6. The molecule has 368 valence electrons. The van der Waals surface area contributed by atoms with Gasteiger partial charge in [-0.15, -0.1) is 0 Å². The molecular weight excluding hydrogens is 897 g/mol. The van der Waals surface area contributed by atoms with Crippen molar-refractivity contribution in [1.82, 2.24) is 0 Å². The Morgan fingerprint density at radius 2 is 1.10 bits per heavy atom. The molecule has 0 bridgehead atoms. The third-order valence-corrected chi connectivity index (χ3v) is 10.6. The molecule has 69 heavy (non-hydrogen) atoms. The Hall–Kier alpha value is -7.63. The Labute approximate surface area is 399 Å². The standard InChI is InChI=1S/C51H58N2O16/c1-8-62-43(54)20-18-33-24-37-48(34-15-13-14-16-35(34)51(60)61)36-25-42(39(26-40(36)69-50(37)32(7)49(33)59)53(29-46(57)65-11-4)30-47(58)66-12-5)68-22-21-67-41-23-31(6)17-19-38(41)52(27-44(55)63-9-2)28-45(56)64-10-3/h13-17,19,23-26H,8-12,18,20-22,27-30H2,1-7H3,(H,60,61). The van der Waals surface area contributed by atoms with E-state index in [0.29, 0.717) is 28.0 Å². The van der Waals surface area contributed by atoms with Gasteiger partial charge in [0, 0.05) is 40.1 Å². The number of aromatic carboxylic acids is 1. The van der Waals surface area contributed by atoms with E-state index in [9.17, 15) is 38.7 Å². The SMILES string of the molecule is CCOC(=O)CCc1cc2c(-c3ccccc3C(=O)O)c3cc(OCCOc4cc(C)ccc4N(CC(=O)OCC)CC(=O)OCC)c(N(CC(=O)OCC)CC(=O)OCC)cc3oc-2c(C)c1=O. The molecule has 5 rings (SSSR count). The highest BCUT2D eigenvalue weighted by Gasteiger charge is 2.29. The van der Waals surface area contributed by atoms with Crippen LogP contribution in [0.3, 0.4) is 0 Å². The van der Waals surface area contributed by atoms with E-state index in [1.54, 1.807) is 90.1 Å². The summed E-state index contributed by atoms with van der Waals surface area (Å²) in [4.78, 5) is 93.8. The maximum atomic E-state index is 13.9. The molecule has 1 aliphatic carbocycles. The number of hydrogen-bond donors (Lipinski definition) is 1. The van der Waals surface area contributed by atoms with Crippen molar-refractivity contribution in [2.24, 2.45) is 0 Å². The van der Waals surface area contributed by atoms with Crippen molar-refractivity contribution in [2.45, 2.75) is 61.3 Å². The van der Waals surface area contributed by atoms with Crippen molar-refractivity contribution < 1.29 is 71.4 Å². The molecule has 18 heteroatoms. The number of esters is 5. The summed E-state index contributed by atoms with van der Waals surface area (Å²) in [6.45, 7) is 10.5. The van der Waals surface area contributed by atoms with Gasteiger partial charge >= 0.3 is 35.8 Å². The van der Waals surface area contributed by atoms with E-state index in [-0.39, 0.29) is 123 Å². The van der Waals surface area contributed by atoms with Crippen LogP contribution in [0.1, 0.15) is 68.1 Å². The molecule has 1 N–H and O–H groups in total. The highest BCUT2D eigenvalue weighted by atomic mass is 16.6. The van der Waals surface area contributed by atoms with E-state index in [1.807, 2.05) is 6.92 Å². The van der Waals surface area contributed by atoms with Crippen LogP contribution < -0.4 is 24.7 Å². The first kappa shape index (κ1) is 52.3. The third-order valence-electron chi connectivity index (χ3n) is 10.6. The Bertz CT molecular complexity index is 2650. The van der Waals surface area contributed by atoms with Gasteiger partial charge in [0.25, 0.3) is 0 Å². The molecule has 0 saturated heterocycles. The van der Waals surface area contributed by atoms with Gasteiger partial charge in [0.2, 0.25) is 0 Å². The number of ether oxygens (including phenoxy) is 7. The minimum atomic E-state index is -1.23. The van der Waals surface area contributed by atoms with E-state index in [4.69, 9.17) is 37.6 Å². The summed E-state index contributed by atoms with van der Waals surface area (Å²) in [5.41, 5.74) is 2.50. The van der Waals surface area contributed by atoms with Crippen LogP contribution in [-0.4, -0.2) is 113 Å². The molecule has 1 heterocycles. The minimum Gasteiger partial charge on any atom is -0.488 e. The van der Waals surface area contributed by atoms with Gasteiger partial charge < -0.3 is 52.5 Å². The molecule has 0 fully saturated rings. The summed E-state index contributed by atoms with van der Waals surface area (Å²) in [6, 6.07) is 16.2. The van der Waals surface area contributed by atoms with Crippen LogP contribution in [0, 0.1) is 13.8 Å². The van der Waals surface area contributed by atoms with Crippen LogP contribution >= 0.6 is 0 Å². The number of hydrogen-bond acceptors (Lipinski definition) is 17. The lowest BCUT2D eigenvalue weighted by molar-refractivity contribution is -0.144. The number of nitrogens with zero attached hydrogens (tertiary/aromatic N) is 2. The lowest BCUT2D eigenvalue weighted by Crippen LogP contribution is -2.36. The van der Waals surface area contributed by atoms with Gasteiger partial charge in [0.1, 0.15) is 62.2 Å². The molecule has 1 aliphatic heterocycles. The number of carboxylic acid groups (broad SMARTS) is 1. The monoisotopic (exact) mass is 954 g/mol. The van der Waals surface area contributed by atoms with Crippen molar-refractivity contribution >= 4 is 58.2 Å². The number of fused-ring (bicyclic) bond motifs is 2. The second-order valence-electron chi connectivity index (χ2n) is 15.4. The van der Waals surface area contributed by atoms with Crippen LogP contribution in [0.2, 0.25) is 0 Å². The second-order valence-corrected chi connectivity index (χ2v) is 15.4. The van der Waals surface area contributed by atoms with Crippen LogP contribution in [0.25, 0.3) is 33.4 Å². The smallest absolute Gasteiger partial charge is 0.336 e. The molecule has 18 nitrogen and oxygen atoms in total. The van der Waals surface area contributed by atoms with Crippen molar-refractivity contribution in [3.63, 3.8) is 0 Å². The molecule has 0 atom stereocenters. The lowest BCUT2D eigenvalue weighted by Gasteiger charge is -2.27. The quantitative estimate of drug-likeness (QED) is 0.0278. The number of benzene rings is 4. The van der Waals surface area contributed by atoms with Crippen LogP contribution in [-0.2, 0) is 54.1 Å². The average molecular weight is 955 g/mol. The molecule has 0 unspecified atom stereocenters. The third kappa shape index (κ3) is 13.5. The van der Waals surface area contributed by atoms with E-state index in [0.717, 1.165) is 5.56 Å². The van der Waals surface area contributed by atoms with Gasteiger partial charge in [0.15, 0.2) is 5.43 Å². The summed E-state index contributed by atoms with van der Waals surface area (Å²) in [7, 11) is 0. The zero-order chi connectivity index (χ0) is 50.2. The van der Waals surface area contributed by atoms with E-state index in [2.05, 4.69) is 0 Å². The summed E-state index contributed by atoms with van der Waals surface area (Å²) in [6.07, 6.45) is -0.0542. The normalized spacial score (nSPS) is 10.9. The Kier molecular flexibility index (Phi) is 18.9. The summed E-state index contributed by atoms with van der Waals surface area (Å²) < 4.78 is 45.4. The fraction of sp³-hybridized carbons (Fsp3) is 0.392. The zero-order valence-electron chi connectivity index (χ0n) is 39.9. The molecule has 3 aromatic rings. The lowest BCUT2D eigenvalue weighted by atomic mass is 9.87. The minimum absolute atomic E-state index is 0.0303. The molecular formula is C51H58N2O16. The fourth-order valence-electron chi connectivity index (χ4n) is 7.65. The highest BCUT2D eigenvalue weighted by molar-refractivity contribution is 6.09. The van der Waals surface area contributed by atoms with Crippen LogP contribution in [0.15, 0.2) is 69.9 Å².